The summed E-state index contributed by atoms with van der Waals surface area (Å²) in [5.41, 5.74) is 6.83. The largest absolute Gasteiger partial charge is 0.353 e. The molecule has 0 spiro atoms. The maximum absolute atomic E-state index is 6.23. The van der Waals surface area contributed by atoms with Crippen LogP contribution in [0.25, 0.3) is 16.9 Å². The lowest BCUT2D eigenvalue weighted by Crippen LogP contribution is -2.47. The van der Waals surface area contributed by atoms with Gasteiger partial charge in [-0.05, 0) is 45.9 Å². The van der Waals surface area contributed by atoms with Crippen molar-refractivity contribution < 1.29 is 0 Å². The Morgan fingerprint density at radius 2 is 1.44 bits per heavy atom. The first-order valence-corrected chi connectivity index (χ1v) is 11.2. The summed E-state index contributed by atoms with van der Waals surface area (Å²) in [7, 11) is 0. The van der Waals surface area contributed by atoms with Gasteiger partial charge in [-0.25, -0.2) is 15.0 Å². The van der Waals surface area contributed by atoms with Gasteiger partial charge in [0.05, 0.1) is 5.69 Å². The van der Waals surface area contributed by atoms with E-state index in [0.717, 1.165) is 77.5 Å². The van der Waals surface area contributed by atoms with Gasteiger partial charge in [0.15, 0.2) is 5.65 Å². The Hall–Kier alpha value is -3.19. The number of halogens is 1. The van der Waals surface area contributed by atoms with Crippen molar-refractivity contribution >= 4 is 29.0 Å². The molecule has 32 heavy (non-hydrogen) atoms. The predicted octanol–water partition coefficient (Wildman–Crippen LogP) is 4.40. The van der Waals surface area contributed by atoms with Gasteiger partial charge in [-0.3, -0.25) is 0 Å². The summed E-state index contributed by atoms with van der Waals surface area (Å²) in [6, 6.07) is 11.9. The fraction of sp³-hybridized carbons (Fsp3) is 0.333. The number of hydrogen-bond donors (Lipinski definition) is 0. The summed E-state index contributed by atoms with van der Waals surface area (Å²) >= 11 is 6.23. The van der Waals surface area contributed by atoms with E-state index in [9.17, 15) is 0 Å². The molecule has 1 aliphatic rings. The van der Waals surface area contributed by atoms with E-state index in [1.165, 1.54) is 0 Å². The maximum Gasteiger partial charge on any atom is 0.225 e. The molecule has 0 N–H and O–H groups in total. The van der Waals surface area contributed by atoms with Crippen molar-refractivity contribution in [1.29, 1.82) is 0 Å². The first kappa shape index (κ1) is 20.7. The van der Waals surface area contributed by atoms with Crippen LogP contribution in [0.4, 0.5) is 11.8 Å². The molecule has 5 rings (SSSR count). The number of hydrogen-bond acceptors (Lipinski definition) is 6. The summed E-state index contributed by atoms with van der Waals surface area (Å²) in [5, 5.41) is 5.66. The predicted molar refractivity (Wildman–Crippen MR) is 129 cm³/mol. The van der Waals surface area contributed by atoms with Crippen LogP contribution >= 0.6 is 11.6 Å². The van der Waals surface area contributed by atoms with Crippen LogP contribution in [-0.4, -0.2) is 50.7 Å². The fourth-order valence-electron chi connectivity index (χ4n) is 4.34. The molecule has 0 atom stereocenters. The molecule has 0 unspecified atom stereocenters. The van der Waals surface area contributed by atoms with Crippen molar-refractivity contribution in [2.24, 2.45) is 0 Å². The first-order valence-electron chi connectivity index (χ1n) is 10.8. The minimum Gasteiger partial charge on any atom is -0.353 e. The fourth-order valence-corrected chi connectivity index (χ4v) is 4.54. The number of piperazine rings is 1. The molecule has 4 heterocycles. The summed E-state index contributed by atoms with van der Waals surface area (Å²) < 4.78 is 1.97. The van der Waals surface area contributed by atoms with E-state index in [1.807, 2.05) is 55.6 Å². The second kappa shape index (κ2) is 8.06. The highest BCUT2D eigenvalue weighted by Gasteiger charge is 2.23. The van der Waals surface area contributed by atoms with E-state index in [0.29, 0.717) is 5.02 Å². The number of anilines is 2. The van der Waals surface area contributed by atoms with Crippen molar-refractivity contribution in [3.05, 3.63) is 64.1 Å². The molecule has 8 heteroatoms. The van der Waals surface area contributed by atoms with Gasteiger partial charge in [0.1, 0.15) is 5.82 Å². The number of fused-ring (bicyclic) bond motifs is 1. The Balaban J connectivity index is 1.47. The standard InChI is InChI=1S/C24H26ClN7/c1-15-12-16(2)28-24(27-15)31-10-8-30(9-11-31)21-13-17(3)26-23-18(4)22(29-32(21)23)19-6-5-7-20(25)14-19/h5-7,12-14H,8-11H2,1-4H3. The minimum atomic E-state index is 0.702. The lowest BCUT2D eigenvalue weighted by atomic mass is 10.1. The van der Waals surface area contributed by atoms with Gasteiger partial charge in [0.25, 0.3) is 0 Å². The SMILES string of the molecule is Cc1cc(C)nc(N2CCN(c3cc(C)nc4c(C)c(-c5cccc(Cl)c5)nn34)CC2)n1. The highest BCUT2D eigenvalue weighted by molar-refractivity contribution is 6.30. The third-order valence-electron chi connectivity index (χ3n) is 5.88. The number of nitrogens with zero attached hydrogens (tertiary/aromatic N) is 7. The lowest BCUT2D eigenvalue weighted by molar-refractivity contribution is 0.625. The van der Waals surface area contributed by atoms with Crippen molar-refractivity contribution in [1.82, 2.24) is 24.6 Å². The zero-order chi connectivity index (χ0) is 22.4. The van der Waals surface area contributed by atoms with E-state index < -0.39 is 0 Å². The second-order valence-electron chi connectivity index (χ2n) is 8.40. The van der Waals surface area contributed by atoms with E-state index in [-0.39, 0.29) is 0 Å². The molecular formula is C24H26ClN7. The van der Waals surface area contributed by atoms with E-state index in [4.69, 9.17) is 21.7 Å². The quantitative estimate of drug-likeness (QED) is 0.464. The van der Waals surface area contributed by atoms with Crippen molar-refractivity contribution in [2.45, 2.75) is 27.7 Å². The zero-order valence-corrected chi connectivity index (χ0v) is 19.6. The molecule has 7 nitrogen and oxygen atoms in total. The third kappa shape index (κ3) is 3.77. The van der Waals surface area contributed by atoms with Crippen molar-refractivity contribution in [2.75, 3.05) is 36.0 Å². The molecular weight excluding hydrogens is 422 g/mol. The van der Waals surface area contributed by atoms with Crippen molar-refractivity contribution in [3.8, 4) is 11.3 Å². The minimum absolute atomic E-state index is 0.702. The molecule has 4 aromatic rings. The highest BCUT2D eigenvalue weighted by atomic mass is 35.5. The molecule has 164 valence electrons. The molecule has 3 aromatic heterocycles. The van der Waals surface area contributed by atoms with E-state index in [1.54, 1.807) is 0 Å². The summed E-state index contributed by atoms with van der Waals surface area (Å²) in [4.78, 5) is 18.7. The lowest BCUT2D eigenvalue weighted by Gasteiger charge is -2.36. The molecule has 0 bridgehead atoms. The molecule has 0 amide bonds. The summed E-state index contributed by atoms with van der Waals surface area (Å²) in [5.74, 6) is 1.88. The number of aromatic nitrogens is 5. The van der Waals surface area contributed by atoms with Gasteiger partial charge in [0.2, 0.25) is 5.95 Å². The van der Waals surface area contributed by atoms with Crippen LogP contribution in [-0.2, 0) is 0 Å². The number of rotatable bonds is 3. The Kier molecular flexibility index (Phi) is 5.21. The molecule has 1 saturated heterocycles. The highest BCUT2D eigenvalue weighted by Crippen LogP contribution is 2.30. The van der Waals surface area contributed by atoms with Gasteiger partial charge in [-0.15, -0.1) is 0 Å². The Morgan fingerprint density at radius 1 is 0.781 bits per heavy atom. The smallest absolute Gasteiger partial charge is 0.225 e. The summed E-state index contributed by atoms with van der Waals surface area (Å²) in [6.07, 6.45) is 0. The summed E-state index contributed by atoms with van der Waals surface area (Å²) in [6.45, 7) is 11.6. The van der Waals surface area contributed by atoms with Crippen LogP contribution in [0.5, 0.6) is 0 Å². The van der Waals surface area contributed by atoms with Crippen molar-refractivity contribution in [3.63, 3.8) is 0 Å². The number of benzene rings is 1. The average molecular weight is 448 g/mol. The Bertz CT molecular complexity index is 1290. The van der Waals surface area contributed by atoms with Crippen LogP contribution in [0, 0.1) is 27.7 Å². The number of aryl methyl sites for hydroxylation is 4. The normalized spacial score (nSPS) is 14.4. The van der Waals surface area contributed by atoms with Crippen LogP contribution in [0.15, 0.2) is 36.4 Å². The molecule has 0 saturated carbocycles. The molecule has 1 fully saturated rings. The van der Waals surface area contributed by atoms with Crippen LogP contribution in [0.2, 0.25) is 5.02 Å². The van der Waals surface area contributed by atoms with E-state index >= 15 is 0 Å². The Morgan fingerprint density at radius 3 is 2.12 bits per heavy atom. The second-order valence-corrected chi connectivity index (χ2v) is 8.84. The van der Waals surface area contributed by atoms with Gasteiger partial charge in [-0.2, -0.15) is 9.61 Å². The van der Waals surface area contributed by atoms with Gasteiger partial charge in [-0.1, -0.05) is 23.7 Å². The average Bonchev–Trinajstić information content (AvgIpc) is 3.09. The monoisotopic (exact) mass is 447 g/mol. The van der Waals surface area contributed by atoms with Gasteiger partial charge in [0, 0.05) is 65.5 Å². The first-order chi connectivity index (χ1) is 15.4. The molecule has 0 aliphatic carbocycles. The van der Waals surface area contributed by atoms with Gasteiger partial charge < -0.3 is 9.80 Å². The zero-order valence-electron chi connectivity index (χ0n) is 18.8. The van der Waals surface area contributed by atoms with Gasteiger partial charge >= 0.3 is 0 Å². The molecule has 1 aliphatic heterocycles. The van der Waals surface area contributed by atoms with Crippen LogP contribution in [0.1, 0.15) is 22.6 Å². The topological polar surface area (TPSA) is 62.5 Å². The van der Waals surface area contributed by atoms with Crippen LogP contribution in [0.3, 0.4) is 0 Å². The molecule has 0 radical (unpaired) electrons. The maximum atomic E-state index is 6.23. The molecule has 1 aromatic carbocycles. The third-order valence-corrected chi connectivity index (χ3v) is 6.12. The van der Waals surface area contributed by atoms with Crippen LogP contribution < -0.4 is 9.80 Å². The van der Waals surface area contributed by atoms with E-state index in [2.05, 4.69) is 32.8 Å². The Labute approximate surface area is 192 Å².